The predicted molar refractivity (Wildman–Crippen MR) is 68.9 cm³/mol. The van der Waals surface area contributed by atoms with Crippen LogP contribution in [0.25, 0.3) is 0 Å². The third-order valence-electron chi connectivity index (χ3n) is 3.43. The lowest BCUT2D eigenvalue weighted by atomic mass is 10.0. The van der Waals surface area contributed by atoms with E-state index in [1.807, 2.05) is 0 Å². The number of ether oxygens (including phenoxy) is 1. The van der Waals surface area contributed by atoms with Crippen LogP contribution in [0.3, 0.4) is 0 Å². The number of carbonyl (C=O) groups excluding carboxylic acids is 1. The van der Waals surface area contributed by atoms with E-state index in [0.29, 0.717) is 6.54 Å². The van der Waals surface area contributed by atoms with Gasteiger partial charge in [-0.15, -0.1) is 13.2 Å². The molecule has 1 unspecified atom stereocenters. The molecule has 2 rings (SSSR count). The molecule has 1 heterocycles. The van der Waals surface area contributed by atoms with Gasteiger partial charge in [-0.05, 0) is 43.5 Å². The fourth-order valence-corrected chi connectivity index (χ4v) is 2.42. The molecule has 1 atom stereocenters. The Morgan fingerprint density at radius 1 is 1.29 bits per heavy atom. The summed E-state index contributed by atoms with van der Waals surface area (Å²) in [4.78, 5) is 13.9. The fourth-order valence-electron chi connectivity index (χ4n) is 2.42. The smallest absolute Gasteiger partial charge is 0.406 e. The molecule has 1 amide bonds. The monoisotopic (exact) mass is 303 g/mol. The fraction of sp³-hybridized carbons (Fsp3) is 0.500. The van der Waals surface area contributed by atoms with Gasteiger partial charge in [0.15, 0.2) is 0 Å². The quantitative estimate of drug-likeness (QED) is 0.933. The summed E-state index contributed by atoms with van der Waals surface area (Å²) in [7, 11) is 0. The van der Waals surface area contributed by atoms with Gasteiger partial charge in [0.1, 0.15) is 5.75 Å². The summed E-state index contributed by atoms with van der Waals surface area (Å²) in [6.45, 7) is 0.436. The maximum Gasteiger partial charge on any atom is 0.573 e. The second-order valence-electron chi connectivity index (χ2n) is 4.90. The summed E-state index contributed by atoms with van der Waals surface area (Å²) in [6, 6.07) is 4.59. The zero-order valence-corrected chi connectivity index (χ0v) is 11.3. The lowest BCUT2D eigenvalue weighted by molar-refractivity contribution is -0.274. The van der Waals surface area contributed by atoms with Crippen molar-refractivity contribution in [1.82, 2.24) is 4.90 Å². The second kappa shape index (κ2) is 6.34. The Labute approximate surface area is 120 Å². The molecule has 4 nitrogen and oxygen atoms in total. The van der Waals surface area contributed by atoms with Gasteiger partial charge in [0.05, 0.1) is 12.6 Å². The van der Waals surface area contributed by atoms with Crippen LogP contribution in [0, 0.1) is 0 Å². The third kappa shape index (κ3) is 4.10. The van der Waals surface area contributed by atoms with Crippen LogP contribution in [0.1, 0.15) is 29.6 Å². The van der Waals surface area contributed by atoms with Gasteiger partial charge in [-0.3, -0.25) is 4.79 Å². The van der Waals surface area contributed by atoms with Gasteiger partial charge in [0.2, 0.25) is 0 Å². The average molecular weight is 303 g/mol. The largest absolute Gasteiger partial charge is 0.573 e. The SMILES string of the molecule is O=C(c1ccc(OC(F)(F)F)cc1)N1CCCCC1CO. The Morgan fingerprint density at radius 3 is 2.52 bits per heavy atom. The van der Waals surface area contributed by atoms with E-state index in [1.54, 1.807) is 4.90 Å². The van der Waals surface area contributed by atoms with Gasteiger partial charge in [-0.2, -0.15) is 0 Å². The van der Waals surface area contributed by atoms with Crippen molar-refractivity contribution >= 4 is 5.91 Å². The molecule has 0 aliphatic carbocycles. The van der Waals surface area contributed by atoms with Crippen molar-refractivity contribution in [2.45, 2.75) is 31.7 Å². The molecule has 1 fully saturated rings. The number of rotatable bonds is 3. The van der Waals surface area contributed by atoms with E-state index in [1.165, 1.54) is 12.1 Å². The normalized spacial score (nSPS) is 19.4. The van der Waals surface area contributed by atoms with Gasteiger partial charge in [-0.25, -0.2) is 0 Å². The number of aliphatic hydroxyl groups is 1. The first-order valence-corrected chi connectivity index (χ1v) is 6.68. The molecule has 1 aliphatic rings. The summed E-state index contributed by atoms with van der Waals surface area (Å²) in [5.41, 5.74) is 0.282. The van der Waals surface area contributed by atoms with E-state index in [4.69, 9.17) is 0 Å². The number of aliphatic hydroxyl groups excluding tert-OH is 1. The van der Waals surface area contributed by atoms with Crippen LogP contribution in [0.5, 0.6) is 5.75 Å². The number of carbonyl (C=O) groups is 1. The maximum absolute atomic E-state index is 12.3. The number of hydrogen-bond donors (Lipinski definition) is 1. The highest BCUT2D eigenvalue weighted by molar-refractivity contribution is 5.94. The summed E-state index contributed by atoms with van der Waals surface area (Å²) >= 11 is 0. The van der Waals surface area contributed by atoms with E-state index in [0.717, 1.165) is 31.4 Å². The highest BCUT2D eigenvalue weighted by atomic mass is 19.4. The third-order valence-corrected chi connectivity index (χ3v) is 3.43. The zero-order chi connectivity index (χ0) is 15.5. The standard InChI is InChI=1S/C14H16F3NO3/c15-14(16,17)21-12-6-4-10(5-7-12)13(20)18-8-2-1-3-11(18)9-19/h4-7,11,19H,1-3,8-9H2. The molecule has 1 N–H and O–H groups in total. The number of piperidine rings is 1. The highest BCUT2D eigenvalue weighted by Crippen LogP contribution is 2.24. The van der Waals surface area contributed by atoms with Crippen molar-refractivity contribution in [3.05, 3.63) is 29.8 Å². The summed E-state index contributed by atoms with van der Waals surface area (Å²) in [6.07, 6.45) is -2.21. The number of likely N-dealkylation sites (tertiary alicyclic amines) is 1. The van der Waals surface area contributed by atoms with Crippen LogP contribution in [-0.2, 0) is 0 Å². The Morgan fingerprint density at radius 2 is 1.95 bits per heavy atom. The van der Waals surface area contributed by atoms with Crippen molar-refractivity contribution < 1.29 is 27.8 Å². The first-order chi connectivity index (χ1) is 9.90. The van der Waals surface area contributed by atoms with Crippen molar-refractivity contribution in [3.8, 4) is 5.75 Å². The predicted octanol–water partition coefficient (Wildman–Crippen LogP) is 2.57. The number of amides is 1. The molecule has 1 aromatic rings. The van der Waals surface area contributed by atoms with E-state index >= 15 is 0 Å². The van der Waals surface area contributed by atoms with Gasteiger partial charge >= 0.3 is 6.36 Å². The molecule has 7 heteroatoms. The molecule has 21 heavy (non-hydrogen) atoms. The molecule has 0 saturated carbocycles. The van der Waals surface area contributed by atoms with Crippen molar-refractivity contribution in [3.63, 3.8) is 0 Å². The van der Waals surface area contributed by atoms with Crippen LogP contribution in [0.2, 0.25) is 0 Å². The molecule has 1 aromatic carbocycles. The van der Waals surface area contributed by atoms with Gasteiger partial charge in [0.25, 0.3) is 5.91 Å². The first kappa shape index (κ1) is 15.6. The molecule has 1 saturated heterocycles. The number of alkyl halides is 3. The Kier molecular flexibility index (Phi) is 4.72. The number of halogens is 3. The van der Waals surface area contributed by atoms with Crippen molar-refractivity contribution in [2.24, 2.45) is 0 Å². The summed E-state index contributed by atoms with van der Waals surface area (Å²) < 4.78 is 39.9. The van der Waals surface area contributed by atoms with E-state index < -0.39 is 6.36 Å². The molecular formula is C14H16F3NO3. The summed E-state index contributed by atoms with van der Waals surface area (Å²) in [5, 5.41) is 9.29. The number of hydrogen-bond acceptors (Lipinski definition) is 3. The van der Waals surface area contributed by atoms with Crippen LogP contribution >= 0.6 is 0 Å². The first-order valence-electron chi connectivity index (χ1n) is 6.68. The second-order valence-corrected chi connectivity index (χ2v) is 4.90. The maximum atomic E-state index is 12.3. The Hall–Kier alpha value is -1.76. The minimum atomic E-state index is -4.75. The Balaban J connectivity index is 2.08. The molecule has 116 valence electrons. The lowest BCUT2D eigenvalue weighted by Crippen LogP contribution is -2.45. The summed E-state index contributed by atoms with van der Waals surface area (Å²) in [5.74, 6) is -0.649. The number of nitrogens with zero attached hydrogens (tertiary/aromatic N) is 1. The molecular weight excluding hydrogens is 287 g/mol. The van der Waals surface area contributed by atoms with Crippen molar-refractivity contribution in [2.75, 3.05) is 13.2 Å². The minimum Gasteiger partial charge on any atom is -0.406 e. The Bertz CT molecular complexity index is 487. The lowest BCUT2D eigenvalue weighted by Gasteiger charge is -2.34. The van der Waals surface area contributed by atoms with E-state index in [-0.39, 0.29) is 29.9 Å². The molecule has 1 aliphatic heterocycles. The van der Waals surface area contributed by atoms with Crippen LogP contribution in [-0.4, -0.2) is 41.5 Å². The van der Waals surface area contributed by atoms with Gasteiger partial charge in [-0.1, -0.05) is 0 Å². The molecule has 0 radical (unpaired) electrons. The average Bonchev–Trinajstić information content (AvgIpc) is 2.45. The highest BCUT2D eigenvalue weighted by Gasteiger charge is 2.31. The minimum absolute atomic E-state index is 0.110. The van der Waals surface area contributed by atoms with E-state index in [2.05, 4.69) is 4.74 Å². The van der Waals surface area contributed by atoms with E-state index in [9.17, 15) is 23.1 Å². The van der Waals surface area contributed by atoms with Crippen LogP contribution in [0.15, 0.2) is 24.3 Å². The molecule has 0 aromatic heterocycles. The van der Waals surface area contributed by atoms with Crippen LogP contribution < -0.4 is 4.74 Å². The topological polar surface area (TPSA) is 49.8 Å². The molecule has 0 spiro atoms. The number of benzene rings is 1. The zero-order valence-electron chi connectivity index (χ0n) is 11.3. The van der Waals surface area contributed by atoms with Crippen molar-refractivity contribution in [1.29, 1.82) is 0 Å². The van der Waals surface area contributed by atoms with Gasteiger partial charge < -0.3 is 14.7 Å². The van der Waals surface area contributed by atoms with Gasteiger partial charge in [0, 0.05) is 12.1 Å². The van der Waals surface area contributed by atoms with Crippen LogP contribution in [0.4, 0.5) is 13.2 Å². The molecule has 0 bridgehead atoms.